The Balaban J connectivity index is 1.75. The van der Waals surface area contributed by atoms with Gasteiger partial charge in [-0.25, -0.2) is 0 Å². The van der Waals surface area contributed by atoms with E-state index in [9.17, 15) is 4.79 Å². The molecule has 1 aliphatic carbocycles. The fourth-order valence-corrected chi connectivity index (χ4v) is 3.68. The van der Waals surface area contributed by atoms with E-state index in [1.807, 2.05) is 12.1 Å². The molecule has 0 unspecified atom stereocenters. The van der Waals surface area contributed by atoms with Crippen molar-refractivity contribution in [3.8, 4) is 0 Å². The summed E-state index contributed by atoms with van der Waals surface area (Å²) in [6.07, 6.45) is 7.24. The Hall–Kier alpha value is -1.78. The smallest absolute Gasteiger partial charge is 0.254 e. The maximum Gasteiger partial charge on any atom is 0.254 e. The van der Waals surface area contributed by atoms with Crippen molar-refractivity contribution >= 4 is 17.5 Å². The molecule has 5 heteroatoms. The molecule has 1 aromatic heterocycles. The summed E-state index contributed by atoms with van der Waals surface area (Å²) in [6, 6.07) is 9.73. The average molecular weight is 347 g/mol. The maximum absolute atomic E-state index is 12.4. The van der Waals surface area contributed by atoms with Crippen molar-refractivity contribution in [1.29, 1.82) is 0 Å². The van der Waals surface area contributed by atoms with Gasteiger partial charge in [-0.15, -0.1) is 0 Å². The summed E-state index contributed by atoms with van der Waals surface area (Å²) in [5.41, 5.74) is 7.29. The van der Waals surface area contributed by atoms with Crippen LogP contribution in [0, 0.1) is 0 Å². The molecule has 0 saturated heterocycles. The Labute approximate surface area is 147 Å². The highest BCUT2D eigenvalue weighted by molar-refractivity contribution is 6.30. The van der Waals surface area contributed by atoms with Gasteiger partial charge in [0.05, 0.1) is 12.1 Å². The lowest BCUT2D eigenvalue weighted by molar-refractivity contribution is 0.0936. The standard InChI is InChI=1S/C19H23ClN2O2/c20-16-6-4-15(5-7-16)19(8-2-1-3-9-19)13-22-18(23)14-10-17(11-21)24-12-14/h4-7,10,12H,1-3,8-9,11,13,21H2,(H,22,23). The largest absolute Gasteiger partial charge is 0.467 e. The second kappa shape index (κ2) is 7.41. The number of nitrogens with two attached hydrogens (primary N) is 1. The van der Waals surface area contributed by atoms with E-state index in [0.29, 0.717) is 24.4 Å². The van der Waals surface area contributed by atoms with Crippen LogP contribution in [0.3, 0.4) is 0 Å². The molecule has 0 radical (unpaired) electrons. The summed E-state index contributed by atoms with van der Waals surface area (Å²) in [5.74, 6) is 0.502. The van der Waals surface area contributed by atoms with Gasteiger partial charge in [0.1, 0.15) is 12.0 Å². The summed E-state index contributed by atoms with van der Waals surface area (Å²) >= 11 is 6.03. The fourth-order valence-electron chi connectivity index (χ4n) is 3.56. The zero-order valence-corrected chi connectivity index (χ0v) is 14.4. The molecule has 1 heterocycles. The lowest BCUT2D eigenvalue weighted by Crippen LogP contribution is -2.42. The number of amides is 1. The molecule has 1 saturated carbocycles. The minimum Gasteiger partial charge on any atom is -0.467 e. The first-order valence-corrected chi connectivity index (χ1v) is 8.82. The van der Waals surface area contributed by atoms with Crippen LogP contribution < -0.4 is 11.1 Å². The number of rotatable bonds is 5. The van der Waals surface area contributed by atoms with Crippen LogP contribution in [0.15, 0.2) is 41.0 Å². The van der Waals surface area contributed by atoms with Crippen LogP contribution in [0.4, 0.5) is 0 Å². The molecule has 4 nitrogen and oxygen atoms in total. The Morgan fingerprint density at radius 3 is 2.54 bits per heavy atom. The van der Waals surface area contributed by atoms with Crippen LogP contribution >= 0.6 is 11.6 Å². The molecule has 0 bridgehead atoms. The van der Waals surface area contributed by atoms with E-state index in [1.165, 1.54) is 31.1 Å². The molecule has 0 atom stereocenters. The summed E-state index contributed by atoms with van der Waals surface area (Å²) in [7, 11) is 0. The molecule has 1 aromatic carbocycles. The van der Waals surface area contributed by atoms with E-state index in [-0.39, 0.29) is 11.3 Å². The predicted octanol–water partition coefficient (Wildman–Crippen LogP) is 4.02. The number of carbonyl (C=O) groups is 1. The third-order valence-electron chi connectivity index (χ3n) is 4.97. The zero-order valence-electron chi connectivity index (χ0n) is 13.7. The highest BCUT2D eigenvalue weighted by Gasteiger charge is 2.34. The zero-order chi connectivity index (χ0) is 17.0. The van der Waals surface area contributed by atoms with Gasteiger partial charge >= 0.3 is 0 Å². The van der Waals surface area contributed by atoms with Crippen molar-refractivity contribution in [3.05, 3.63) is 58.5 Å². The maximum atomic E-state index is 12.4. The third kappa shape index (κ3) is 3.65. The summed E-state index contributed by atoms with van der Waals surface area (Å²) in [4.78, 5) is 12.4. The van der Waals surface area contributed by atoms with Crippen molar-refractivity contribution in [2.75, 3.05) is 6.54 Å². The lowest BCUT2D eigenvalue weighted by Gasteiger charge is -2.38. The summed E-state index contributed by atoms with van der Waals surface area (Å²) < 4.78 is 5.25. The van der Waals surface area contributed by atoms with E-state index < -0.39 is 0 Å². The minimum atomic E-state index is -0.114. The molecule has 0 aliphatic heterocycles. The van der Waals surface area contributed by atoms with Gasteiger partial charge in [-0.1, -0.05) is 43.0 Å². The van der Waals surface area contributed by atoms with Gasteiger partial charge in [-0.2, -0.15) is 0 Å². The van der Waals surface area contributed by atoms with Crippen LogP contribution in [0.2, 0.25) is 5.02 Å². The first kappa shape index (κ1) is 17.1. The Morgan fingerprint density at radius 1 is 1.21 bits per heavy atom. The van der Waals surface area contributed by atoms with Gasteiger partial charge in [0.2, 0.25) is 0 Å². The Morgan fingerprint density at radius 2 is 1.92 bits per heavy atom. The molecule has 2 aromatic rings. The molecule has 3 N–H and O–H groups in total. The number of carbonyl (C=O) groups excluding carboxylic acids is 1. The second-order valence-corrected chi connectivity index (χ2v) is 6.97. The van der Waals surface area contributed by atoms with Crippen molar-refractivity contribution in [3.63, 3.8) is 0 Å². The van der Waals surface area contributed by atoms with Crippen LogP contribution in [0.5, 0.6) is 0 Å². The first-order chi connectivity index (χ1) is 11.6. The van der Waals surface area contributed by atoms with Crippen molar-refractivity contribution in [2.45, 2.75) is 44.1 Å². The molecule has 3 rings (SSSR count). The summed E-state index contributed by atoms with van der Waals surface area (Å²) in [6.45, 7) is 0.915. The normalized spacial score (nSPS) is 16.8. The number of nitrogens with one attached hydrogen (secondary N) is 1. The van der Waals surface area contributed by atoms with Gasteiger partial charge in [-0.05, 0) is 36.6 Å². The first-order valence-electron chi connectivity index (χ1n) is 8.45. The monoisotopic (exact) mass is 346 g/mol. The van der Waals surface area contributed by atoms with Gasteiger partial charge in [-0.3, -0.25) is 4.79 Å². The van der Waals surface area contributed by atoms with Gasteiger partial charge in [0.15, 0.2) is 0 Å². The lowest BCUT2D eigenvalue weighted by atomic mass is 9.69. The van der Waals surface area contributed by atoms with Crippen LogP contribution in [-0.4, -0.2) is 12.5 Å². The molecule has 0 spiro atoms. The number of halogens is 1. The molecule has 128 valence electrons. The molecule has 1 amide bonds. The van der Waals surface area contributed by atoms with Gasteiger partial charge < -0.3 is 15.5 Å². The third-order valence-corrected chi connectivity index (χ3v) is 5.22. The molecular weight excluding hydrogens is 324 g/mol. The molecule has 1 fully saturated rings. The van der Waals surface area contributed by atoms with E-state index >= 15 is 0 Å². The van der Waals surface area contributed by atoms with Crippen molar-refractivity contribution < 1.29 is 9.21 Å². The van der Waals surface area contributed by atoms with Crippen molar-refractivity contribution in [2.24, 2.45) is 5.73 Å². The highest BCUT2D eigenvalue weighted by atomic mass is 35.5. The SMILES string of the molecule is NCc1cc(C(=O)NCC2(c3ccc(Cl)cc3)CCCCC2)co1. The van der Waals surface area contributed by atoms with Crippen LogP contribution in [0.1, 0.15) is 53.8 Å². The summed E-state index contributed by atoms with van der Waals surface area (Å²) in [5, 5.41) is 3.82. The Bertz CT molecular complexity index is 688. The predicted molar refractivity (Wildman–Crippen MR) is 95.1 cm³/mol. The number of hydrogen-bond donors (Lipinski definition) is 2. The molecular formula is C19H23ClN2O2. The number of hydrogen-bond acceptors (Lipinski definition) is 3. The van der Waals surface area contributed by atoms with E-state index in [4.69, 9.17) is 21.8 Å². The van der Waals surface area contributed by atoms with Gasteiger partial charge in [0, 0.05) is 17.0 Å². The topological polar surface area (TPSA) is 68.3 Å². The van der Waals surface area contributed by atoms with Crippen molar-refractivity contribution in [1.82, 2.24) is 5.32 Å². The molecule has 24 heavy (non-hydrogen) atoms. The van der Waals surface area contributed by atoms with E-state index in [1.54, 1.807) is 6.07 Å². The number of benzene rings is 1. The van der Waals surface area contributed by atoms with Crippen LogP contribution in [0.25, 0.3) is 0 Å². The fraction of sp³-hybridized carbons (Fsp3) is 0.421. The minimum absolute atomic E-state index is 0.0149. The van der Waals surface area contributed by atoms with Crippen LogP contribution in [-0.2, 0) is 12.0 Å². The van der Waals surface area contributed by atoms with E-state index in [0.717, 1.165) is 17.9 Å². The number of furan rings is 1. The second-order valence-electron chi connectivity index (χ2n) is 6.54. The quantitative estimate of drug-likeness (QED) is 0.859. The highest BCUT2D eigenvalue weighted by Crippen LogP contribution is 2.39. The average Bonchev–Trinajstić information content (AvgIpc) is 3.10. The Kier molecular flexibility index (Phi) is 5.27. The molecule has 1 aliphatic rings. The van der Waals surface area contributed by atoms with E-state index in [2.05, 4.69) is 17.4 Å². The van der Waals surface area contributed by atoms with Gasteiger partial charge in [0.25, 0.3) is 5.91 Å².